The molecule has 0 atom stereocenters. The van der Waals surface area contributed by atoms with Gasteiger partial charge in [-0.25, -0.2) is 4.98 Å². The van der Waals surface area contributed by atoms with Crippen LogP contribution in [0.25, 0.3) is 0 Å². The van der Waals surface area contributed by atoms with Crippen LogP contribution in [0.4, 0.5) is 11.5 Å². The maximum Gasteiger partial charge on any atom is 0.259 e. The highest BCUT2D eigenvalue weighted by atomic mass is 79.9. The Hall–Kier alpha value is -1.59. The van der Waals surface area contributed by atoms with Gasteiger partial charge in [0.2, 0.25) is 0 Å². The Morgan fingerprint density at radius 1 is 1.38 bits per heavy atom. The van der Waals surface area contributed by atoms with Crippen LogP contribution in [0.5, 0.6) is 0 Å². The Kier molecular flexibility index (Phi) is 5.20. The summed E-state index contributed by atoms with van der Waals surface area (Å²) in [6, 6.07) is 7.14. The van der Waals surface area contributed by atoms with Crippen molar-refractivity contribution in [1.82, 2.24) is 4.98 Å². The third-order valence-electron chi connectivity index (χ3n) is 2.87. The molecule has 110 valence electrons. The number of nitrogens with one attached hydrogen (secondary N) is 2. The number of amides is 1. The van der Waals surface area contributed by atoms with Crippen molar-refractivity contribution in [2.24, 2.45) is 0 Å². The number of aryl methyl sites for hydroxylation is 1. The van der Waals surface area contributed by atoms with E-state index in [1.54, 1.807) is 18.3 Å². The molecule has 0 saturated heterocycles. The van der Waals surface area contributed by atoms with Crippen LogP contribution in [0.3, 0.4) is 0 Å². The average molecular weight is 369 g/mol. The Morgan fingerprint density at radius 2 is 2.14 bits per heavy atom. The van der Waals surface area contributed by atoms with Gasteiger partial charge in [0.25, 0.3) is 5.91 Å². The van der Waals surface area contributed by atoms with E-state index in [1.165, 1.54) is 0 Å². The number of nitrogens with zero attached hydrogens (tertiary/aromatic N) is 1. The summed E-state index contributed by atoms with van der Waals surface area (Å²) in [7, 11) is 0. The molecule has 2 N–H and O–H groups in total. The molecule has 1 heterocycles. The number of pyridine rings is 1. The first-order valence-corrected chi connectivity index (χ1v) is 7.65. The number of anilines is 2. The van der Waals surface area contributed by atoms with E-state index in [0.29, 0.717) is 28.6 Å². The lowest BCUT2D eigenvalue weighted by Crippen LogP contribution is -2.16. The SMILES string of the molecule is CCNc1ncc(Br)cc1C(=O)Nc1ccc(C)c(Cl)c1. The van der Waals surface area contributed by atoms with Crippen molar-refractivity contribution in [2.45, 2.75) is 13.8 Å². The van der Waals surface area contributed by atoms with Gasteiger partial charge < -0.3 is 10.6 Å². The van der Waals surface area contributed by atoms with Gasteiger partial charge in [0.1, 0.15) is 5.82 Å². The van der Waals surface area contributed by atoms with Crippen LogP contribution in [-0.2, 0) is 0 Å². The lowest BCUT2D eigenvalue weighted by Gasteiger charge is -2.11. The van der Waals surface area contributed by atoms with Crippen LogP contribution < -0.4 is 10.6 Å². The molecule has 0 saturated carbocycles. The average Bonchev–Trinajstić information content (AvgIpc) is 2.45. The van der Waals surface area contributed by atoms with Gasteiger partial charge in [-0.15, -0.1) is 0 Å². The van der Waals surface area contributed by atoms with E-state index in [-0.39, 0.29) is 5.91 Å². The van der Waals surface area contributed by atoms with Crippen molar-refractivity contribution in [1.29, 1.82) is 0 Å². The van der Waals surface area contributed by atoms with E-state index < -0.39 is 0 Å². The standard InChI is InChI=1S/C15H15BrClN3O/c1-3-18-14-12(6-10(16)8-19-14)15(21)20-11-5-4-9(2)13(17)7-11/h4-8H,3H2,1-2H3,(H,18,19)(H,20,21). The Bertz CT molecular complexity index is 676. The summed E-state index contributed by atoms with van der Waals surface area (Å²) in [5.41, 5.74) is 2.09. The largest absolute Gasteiger partial charge is 0.370 e. The summed E-state index contributed by atoms with van der Waals surface area (Å²) in [5, 5.41) is 6.52. The lowest BCUT2D eigenvalue weighted by atomic mass is 10.2. The molecule has 2 aromatic rings. The number of rotatable bonds is 4. The molecular weight excluding hydrogens is 354 g/mol. The third kappa shape index (κ3) is 3.95. The summed E-state index contributed by atoms with van der Waals surface area (Å²) in [6.07, 6.45) is 1.65. The molecule has 0 aliphatic heterocycles. The molecule has 0 bridgehead atoms. The van der Waals surface area contributed by atoms with Crippen molar-refractivity contribution in [2.75, 3.05) is 17.2 Å². The van der Waals surface area contributed by atoms with Gasteiger partial charge >= 0.3 is 0 Å². The van der Waals surface area contributed by atoms with E-state index in [4.69, 9.17) is 11.6 Å². The van der Waals surface area contributed by atoms with Crippen LogP contribution in [0.15, 0.2) is 34.9 Å². The fourth-order valence-corrected chi connectivity index (χ4v) is 2.30. The molecule has 0 aliphatic carbocycles. The number of aromatic nitrogens is 1. The van der Waals surface area contributed by atoms with Gasteiger partial charge in [0, 0.05) is 27.9 Å². The van der Waals surface area contributed by atoms with Crippen molar-refractivity contribution >= 4 is 44.9 Å². The summed E-state index contributed by atoms with van der Waals surface area (Å²) in [5.74, 6) is 0.316. The molecule has 2 rings (SSSR count). The first kappa shape index (κ1) is 15.8. The second kappa shape index (κ2) is 6.91. The highest BCUT2D eigenvalue weighted by Gasteiger charge is 2.13. The van der Waals surface area contributed by atoms with E-state index in [2.05, 4.69) is 31.5 Å². The predicted octanol–water partition coefficient (Wildman–Crippen LogP) is 4.49. The van der Waals surface area contributed by atoms with Crippen molar-refractivity contribution in [3.8, 4) is 0 Å². The van der Waals surface area contributed by atoms with E-state index in [0.717, 1.165) is 10.0 Å². The smallest absolute Gasteiger partial charge is 0.259 e. The van der Waals surface area contributed by atoms with Gasteiger partial charge in [0.15, 0.2) is 0 Å². The first-order valence-electron chi connectivity index (χ1n) is 6.48. The number of carbonyl (C=O) groups is 1. The molecule has 0 aliphatic rings. The zero-order chi connectivity index (χ0) is 15.4. The van der Waals surface area contributed by atoms with Crippen LogP contribution in [0.1, 0.15) is 22.8 Å². The Morgan fingerprint density at radius 3 is 2.81 bits per heavy atom. The fourth-order valence-electron chi connectivity index (χ4n) is 1.79. The third-order valence-corrected chi connectivity index (χ3v) is 3.71. The summed E-state index contributed by atoms with van der Waals surface area (Å²) in [4.78, 5) is 16.6. The number of hydrogen-bond acceptors (Lipinski definition) is 3. The number of benzene rings is 1. The topological polar surface area (TPSA) is 54.0 Å². The summed E-state index contributed by atoms with van der Waals surface area (Å²) < 4.78 is 0.747. The molecule has 0 spiro atoms. The molecule has 0 fully saturated rings. The van der Waals surface area contributed by atoms with Gasteiger partial charge in [-0.1, -0.05) is 17.7 Å². The maximum atomic E-state index is 12.4. The van der Waals surface area contributed by atoms with Gasteiger partial charge in [-0.3, -0.25) is 4.79 Å². The quantitative estimate of drug-likeness (QED) is 0.836. The molecule has 21 heavy (non-hydrogen) atoms. The highest BCUT2D eigenvalue weighted by Crippen LogP contribution is 2.23. The minimum absolute atomic E-state index is 0.236. The van der Waals surface area contributed by atoms with Crippen molar-refractivity contribution in [3.05, 3.63) is 51.1 Å². The van der Waals surface area contributed by atoms with Gasteiger partial charge in [-0.2, -0.15) is 0 Å². The van der Waals surface area contributed by atoms with E-state index in [1.807, 2.05) is 26.0 Å². The highest BCUT2D eigenvalue weighted by molar-refractivity contribution is 9.10. The maximum absolute atomic E-state index is 12.4. The van der Waals surface area contributed by atoms with Gasteiger partial charge in [-0.05, 0) is 53.5 Å². The molecule has 1 amide bonds. The minimum Gasteiger partial charge on any atom is -0.370 e. The van der Waals surface area contributed by atoms with Crippen LogP contribution in [0, 0.1) is 6.92 Å². The van der Waals surface area contributed by atoms with Gasteiger partial charge in [0.05, 0.1) is 5.56 Å². The molecule has 4 nitrogen and oxygen atoms in total. The number of halogens is 2. The lowest BCUT2D eigenvalue weighted by molar-refractivity contribution is 0.102. The monoisotopic (exact) mass is 367 g/mol. The second-order valence-electron chi connectivity index (χ2n) is 4.50. The predicted molar refractivity (Wildman–Crippen MR) is 90.2 cm³/mol. The second-order valence-corrected chi connectivity index (χ2v) is 5.82. The first-order chi connectivity index (χ1) is 10.0. The Labute approximate surface area is 137 Å². The number of carbonyl (C=O) groups excluding carboxylic acids is 1. The summed E-state index contributed by atoms with van der Waals surface area (Å²) in [6.45, 7) is 4.55. The molecular formula is C15H15BrClN3O. The molecule has 0 unspecified atom stereocenters. The van der Waals surface area contributed by atoms with Crippen molar-refractivity contribution < 1.29 is 4.79 Å². The minimum atomic E-state index is -0.236. The zero-order valence-electron chi connectivity index (χ0n) is 11.7. The zero-order valence-corrected chi connectivity index (χ0v) is 14.0. The Balaban J connectivity index is 2.27. The van der Waals surface area contributed by atoms with Crippen LogP contribution >= 0.6 is 27.5 Å². The number of hydrogen-bond donors (Lipinski definition) is 2. The molecule has 6 heteroatoms. The molecule has 1 aromatic carbocycles. The van der Waals surface area contributed by atoms with E-state index >= 15 is 0 Å². The molecule has 1 aromatic heterocycles. The summed E-state index contributed by atoms with van der Waals surface area (Å²) >= 11 is 9.40. The normalized spacial score (nSPS) is 10.3. The van der Waals surface area contributed by atoms with Crippen LogP contribution in [0.2, 0.25) is 5.02 Å². The van der Waals surface area contributed by atoms with E-state index in [9.17, 15) is 4.79 Å². The molecule has 0 radical (unpaired) electrons. The fraction of sp³-hybridized carbons (Fsp3) is 0.200. The van der Waals surface area contributed by atoms with Crippen molar-refractivity contribution in [3.63, 3.8) is 0 Å². The van der Waals surface area contributed by atoms with Crippen LogP contribution in [-0.4, -0.2) is 17.4 Å².